The van der Waals surface area contributed by atoms with E-state index in [4.69, 9.17) is 4.99 Å². The van der Waals surface area contributed by atoms with Crippen LogP contribution in [0.5, 0.6) is 0 Å². The fraction of sp³-hybridized carbons (Fsp3) is 0.500. The summed E-state index contributed by atoms with van der Waals surface area (Å²) in [7, 11) is 5.98. The summed E-state index contributed by atoms with van der Waals surface area (Å²) in [6.07, 6.45) is 0. The molecule has 28 heavy (non-hydrogen) atoms. The lowest BCUT2D eigenvalue weighted by Gasteiger charge is -2.26. The molecule has 0 saturated heterocycles. The zero-order valence-corrected chi connectivity index (χ0v) is 19.9. The highest BCUT2D eigenvalue weighted by Crippen LogP contribution is 2.18. The number of guanidine groups is 1. The first kappa shape index (κ1) is 24.4. The van der Waals surface area contributed by atoms with Gasteiger partial charge < -0.3 is 15.5 Å². The minimum Gasteiger partial charge on any atom is -0.357 e. The van der Waals surface area contributed by atoms with Crippen LogP contribution in [0.1, 0.15) is 35.5 Å². The van der Waals surface area contributed by atoms with E-state index in [0.717, 1.165) is 35.0 Å². The van der Waals surface area contributed by atoms with Gasteiger partial charge in [-0.25, -0.2) is 9.38 Å². The molecule has 0 amide bonds. The predicted octanol–water partition coefficient (Wildman–Crippen LogP) is 3.15. The molecule has 0 aliphatic carbocycles. The van der Waals surface area contributed by atoms with Gasteiger partial charge in [-0.1, -0.05) is 12.1 Å². The summed E-state index contributed by atoms with van der Waals surface area (Å²) in [6.45, 7) is 8.12. The van der Waals surface area contributed by atoms with Crippen molar-refractivity contribution in [3.63, 3.8) is 0 Å². The van der Waals surface area contributed by atoms with E-state index in [9.17, 15) is 4.39 Å². The van der Waals surface area contributed by atoms with Gasteiger partial charge in [0, 0.05) is 31.4 Å². The highest BCUT2D eigenvalue weighted by Gasteiger charge is 2.15. The molecule has 2 rings (SSSR count). The standard InChI is InChI=1S/C20H31FN6.HI/c1-7-22-20(23-12-18-14(2)25-27(6)15(18)3)24-13-19(26(4)5)16-8-10-17(21)11-9-16;/h8-11,19H,7,12-13H2,1-6H3,(H2,22,23,24);1H. The first-order valence-electron chi connectivity index (χ1n) is 9.26. The molecule has 1 aromatic carbocycles. The van der Waals surface area contributed by atoms with Gasteiger partial charge in [0.05, 0.1) is 18.3 Å². The van der Waals surface area contributed by atoms with Crippen molar-refractivity contribution in [3.8, 4) is 0 Å². The Kier molecular flexibility index (Phi) is 9.88. The van der Waals surface area contributed by atoms with Crippen molar-refractivity contribution in [3.05, 3.63) is 52.6 Å². The third-order valence-electron chi connectivity index (χ3n) is 4.74. The van der Waals surface area contributed by atoms with Gasteiger partial charge >= 0.3 is 0 Å². The second kappa shape index (κ2) is 11.4. The SMILES string of the molecule is CCNC(=NCc1c(C)nn(C)c1C)NCC(c1ccc(F)cc1)N(C)C.I. The van der Waals surface area contributed by atoms with E-state index in [2.05, 4.69) is 27.6 Å². The number of rotatable bonds is 7. The van der Waals surface area contributed by atoms with Gasteiger partial charge in [-0.2, -0.15) is 5.10 Å². The molecule has 0 spiro atoms. The summed E-state index contributed by atoms with van der Waals surface area (Å²) in [5.74, 6) is 0.537. The molecule has 1 unspecified atom stereocenters. The van der Waals surface area contributed by atoms with E-state index >= 15 is 0 Å². The Balaban J connectivity index is 0.00000392. The highest BCUT2D eigenvalue weighted by molar-refractivity contribution is 14.0. The van der Waals surface area contributed by atoms with Crippen LogP contribution >= 0.6 is 24.0 Å². The normalized spacial score (nSPS) is 12.6. The van der Waals surface area contributed by atoms with Crippen LogP contribution < -0.4 is 10.6 Å². The van der Waals surface area contributed by atoms with E-state index in [0.29, 0.717) is 13.1 Å². The number of benzene rings is 1. The summed E-state index contributed by atoms with van der Waals surface area (Å²) < 4.78 is 15.1. The minimum absolute atomic E-state index is 0. The second-order valence-corrected chi connectivity index (χ2v) is 6.88. The molecule has 0 bridgehead atoms. The third-order valence-corrected chi connectivity index (χ3v) is 4.74. The van der Waals surface area contributed by atoms with Crippen molar-refractivity contribution < 1.29 is 4.39 Å². The van der Waals surface area contributed by atoms with E-state index in [1.165, 1.54) is 12.1 Å². The Labute approximate surface area is 184 Å². The molecular weight excluding hydrogens is 470 g/mol. The maximum atomic E-state index is 13.2. The van der Waals surface area contributed by atoms with Gasteiger partial charge in [0.25, 0.3) is 0 Å². The lowest BCUT2D eigenvalue weighted by atomic mass is 10.1. The Morgan fingerprint density at radius 2 is 1.86 bits per heavy atom. The minimum atomic E-state index is -0.221. The molecule has 2 aromatic rings. The summed E-state index contributed by atoms with van der Waals surface area (Å²) in [5.41, 5.74) is 4.35. The van der Waals surface area contributed by atoms with Crippen molar-refractivity contribution in [2.75, 3.05) is 27.2 Å². The van der Waals surface area contributed by atoms with Crippen LogP contribution in [0.4, 0.5) is 4.39 Å². The number of nitrogens with one attached hydrogen (secondary N) is 2. The number of likely N-dealkylation sites (N-methyl/N-ethyl adjacent to an activating group) is 1. The highest BCUT2D eigenvalue weighted by atomic mass is 127. The zero-order chi connectivity index (χ0) is 20.0. The van der Waals surface area contributed by atoms with E-state index in [-0.39, 0.29) is 35.8 Å². The zero-order valence-electron chi connectivity index (χ0n) is 17.6. The maximum Gasteiger partial charge on any atom is 0.191 e. The average Bonchev–Trinajstić information content (AvgIpc) is 2.86. The van der Waals surface area contributed by atoms with Crippen molar-refractivity contribution in [2.24, 2.45) is 12.0 Å². The molecule has 1 heterocycles. The van der Waals surface area contributed by atoms with Crippen LogP contribution in [0.25, 0.3) is 0 Å². The molecular formula is C20H32FIN6. The van der Waals surface area contributed by atoms with E-state index in [1.54, 1.807) is 0 Å². The quantitative estimate of drug-likeness (QED) is 0.347. The first-order valence-corrected chi connectivity index (χ1v) is 9.26. The van der Waals surface area contributed by atoms with Crippen molar-refractivity contribution in [1.29, 1.82) is 0 Å². The predicted molar refractivity (Wildman–Crippen MR) is 124 cm³/mol. The second-order valence-electron chi connectivity index (χ2n) is 6.88. The Bertz CT molecular complexity index is 770. The fourth-order valence-corrected chi connectivity index (χ4v) is 3.02. The van der Waals surface area contributed by atoms with Gasteiger partial charge in [0.15, 0.2) is 5.96 Å². The third kappa shape index (κ3) is 6.44. The van der Waals surface area contributed by atoms with Gasteiger partial charge in [-0.3, -0.25) is 4.68 Å². The molecule has 6 nitrogen and oxygen atoms in total. The lowest BCUT2D eigenvalue weighted by molar-refractivity contribution is 0.298. The molecule has 1 aromatic heterocycles. The van der Waals surface area contributed by atoms with Gasteiger partial charge in [0.1, 0.15) is 5.82 Å². The molecule has 156 valence electrons. The molecule has 0 aliphatic heterocycles. The topological polar surface area (TPSA) is 57.5 Å². The maximum absolute atomic E-state index is 13.2. The fourth-order valence-electron chi connectivity index (χ4n) is 3.02. The largest absolute Gasteiger partial charge is 0.357 e. The van der Waals surface area contributed by atoms with Crippen LogP contribution in [0.2, 0.25) is 0 Å². The monoisotopic (exact) mass is 502 g/mol. The number of hydrogen-bond donors (Lipinski definition) is 2. The van der Waals surface area contributed by atoms with Crippen LogP contribution in [0.3, 0.4) is 0 Å². The summed E-state index contributed by atoms with van der Waals surface area (Å²) in [6, 6.07) is 6.76. The number of nitrogens with zero attached hydrogens (tertiary/aromatic N) is 4. The van der Waals surface area contributed by atoms with Crippen molar-refractivity contribution in [2.45, 2.75) is 33.4 Å². The van der Waals surface area contributed by atoms with Gasteiger partial charge in [-0.05, 0) is 52.6 Å². The molecule has 1 atom stereocenters. The van der Waals surface area contributed by atoms with Crippen LogP contribution in [-0.2, 0) is 13.6 Å². The number of hydrogen-bond acceptors (Lipinski definition) is 3. The number of halogens is 2. The van der Waals surface area contributed by atoms with Crippen LogP contribution in [-0.4, -0.2) is 47.8 Å². The molecule has 0 fully saturated rings. The number of aliphatic imine (C=N–C) groups is 1. The molecule has 0 saturated carbocycles. The van der Waals surface area contributed by atoms with E-state index < -0.39 is 0 Å². The Morgan fingerprint density at radius 1 is 1.21 bits per heavy atom. The number of aromatic nitrogens is 2. The van der Waals surface area contributed by atoms with Crippen molar-refractivity contribution >= 4 is 29.9 Å². The molecule has 0 aliphatic rings. The van der Waals surface area contributed by atoms with Crippen LogP contribution in [0.15, 0.2) is 29.3 Å². The summed E-state index contributed by atoms with van der Waals surface area (Å²) in [4.78, 5) is 6.83. The Morgan fingerprint density at radius 3 is 2.36 bits per heavy atom. The van der Waals surface area contributed by atoms with Gasteiger partial charge in [-0.15, -0.1) is 24.0 Å². The smallest absolute Gasteiger partial charge is 0.191 e. The molecule has 2 N–H and O–H groups in total. The molecule has 8 heteroatoms. The van der Waals surface area contributed by atoms with E-state index in [1.807, 2.05) is 51.8 Å². The van der Waals surface area contributed by atoms with Crippen LogP contribution in [0, 0.1) is 19.7 Å². The average molecular weight is 502 g/mol. The Hall–Kier alpha value is -1.68. The first-order chi connectivity index (χ1) is 12.8. The summed E-state index contributed by atoms with van der Waals surface area (Å²) >= 11 is 0. The summed E-state index contributed by atoms with van der Waals surface area (Å²) in [5, 5.41) is 11.1. The van der Waals surface area contributed by atoms with Crippen molar-refractivity contribution in [1.82, 2.24) is 25.3 Å². The van der Waals surface area contributed by atoms with Gasteiger partial charge in [0.2, 0.25) is 0 Å². The number of aryl methyl sites for hydroxylation is 2. The lowest BCUT2D eigenvalue weighted by Crippen LogP contribution is -2.41. The molecule has 0 radical (unpaired) electrons.